The van der Waals surface area contributed by atoms with Gasteiger partial charge in [0.2, 0.25) is 0 Å². The van der Waals surface area contributed by atoms with Crippen LogP contribution in [0.15, 0.2) is 30.6 Å². The summed E-state index contributed by atoms with van der Waals surface area (Å²) in [5.41, 5.74) is 15.3. The molecule has 0 amide bonds. The number of nitrogens with two attached hydrogens (primary N) is 2. The van der Waals surface area contributed by atoms with Gasteiger partial charge in [-0.3, -0.25) is 0 Å². The second-order valence-corrected chi connectivity index (χ2v) is 5.81. The molecule has 112 valence electrons. The van der Waals surface area contributed by atoms with E-state index in [-0.39, 0.29) is 0 Å². The van der Waals surface area contributed by atoms with Crippen molar-refractivity contribution in [2.24, 2.45) is 0 Å². The predicted octanol–water partition coefficient (Wildman–Crippen LogP) is 2.77. The van der Waals surface area contributed by atoms with Gasteiger partial charge in [0.05, 0.1) is 11.4 Å². The number of anilines is 2. The minimum absolute atomic E-state index is 0.402. The summed E-state index contributed by atoms with van der Waals surface area (Å²) in [6, 6.07) is 8.07. The second kappa shape index (κ2) is 4.98. The summed E-state index contributed by atoms with van der Waals surface area (Å²) in [4.78, 5) is 8.57. The van der Waals surface area contributed by atoms with Gasteiger partial charge in [0.25, 0.3) is 0 Å². The minimum Gasteiger partial charge on any atom is -0.399 e. The lowest BCUT2D eigenvalue weighted by Crippen LogP contribution is -2.07. The maximum absolute atomic E-state index is 6.11. The summed E-state index contributed by atoms with van der Waals surface area (Å²) < 4.78 is 2.03. The summed E-state index contributed by atoms with van der Waals surface area (Å²) in [5, 5.41) is 5.66. The fourth-order valence-corrected chi connectivity index (χ4v) is 3.24. The number of benzene rings is 1. The van der Waals surface area contributed by atoms with Gasteiger partial charge in [-0.1, -0.05) is 25.0 Å². The average Bonchev–Trinajstić information content (AvgIpc) is 3.15. The Bertz CT molecular complexity index is 815. The first-order valence-corrected chi connectivity index (χ1v) is 7.58. The molecule has 0 radical (unpaired) electrons. The van der Waals surface area contributed by atoms with E-state index in [0.717, 1.165) is 40.8 Å². The van der Waals surface area contributed by atoms with Crippen LogP contribution in [0.1, 0.15) is 31.7 Å². The predicted molar refractivity (Wildman–Crippen MR) is 87.1 cm³/mol. The van der Waals surface area contributed by atoms with E-state index in [4.69, 9.17) is 16.6 Å². The van der Waals surface area contributed by atoms with Crippen LogP contribution in [0.25, 0.3) is 22.3 Å². The Balaban J connectivity index is 1.95. The molecule has 1 aliphatic carbocycles. The maximum atomic E-state index is 6.11. The first-order valence-electron chi connectivity index (χ1n) is 7.58. The Morgan fingerprint density at radius 3 is 2.45 bits per heavy atom. The number of rotatable bonds is 2. The summed E-state index contributed by atoms with van der Waals surface area (Å²) in [6.45, 7) is 0. The van der Waals surface area contributed by atoms with Crippen LogP contribution < -0.4 is 11.5 Å². The molecular formula is C16H18N6. The molecule has 1 saturated carbocycles. The molecule has 0 atom stereocenters. The highest BCUT2D eigenvalue weighted by Crippen LogP contribution is 2.36. The van der Waals surface area contributed by atoms with Crippen molar-refractivity contribution in [3.8, 4) is 11.3 Å². The third kappa shape index (κ3) is 1.99. The van der Waals surface area contributed by atoms with Crippen molar-refractivity contribution in [3.05, 3.63) is 30.6 Å². The molecule has 6 nitrogen and oxygen atoms in total. The number of hydrogen-bond donors (Lipinski definition) is 2. The molecule has 2 aromatic heterocycles. The molecule has 0 unspecified atom stereocenters. The van der Waals surface area contributed by atoms with Crippen LogP contribution in [0.3, 0.4) is 0 Å². The molecule has 3 aromatic rings. The first kappa shape index (κ1) is 13.1. The lowest BCUT2D eigenvalue weighted by Gasteiger charge is -2.10. The molecule has 6 heteroatoms. The molecule has 1 aromatic carbocycles. The number of nitrogen functional groups attached to an aromatic ring is 2. The molecule has 0 spiro atoms. The fraction of sp³-hybridized carbons (Fsp3) is 0.312. The van der Waals surface area contributed by atoms with Crippen molar-refractivity contribution in [2.75, 3.05) is 11.5 Å². The Kier molecular flexibility index (Phi) is 2.96. The van der Waals surface area contributed by atoms with E-state index in [1.807, 2.05) is 28.9 Å². The van der Waals surface area contributed by atoms with Crippen molar-refractivity contribution in [3.63, 3.8) is 0 Å². The smallest absolute Gasteiger partial charge is 0.164 e. The highest BCUT2D eigenvalue weighted by molar-refractivity contribution is 5.98. The first-order chi connectivity index (χ1) is 10.7. The van der Waals surface area contributed by atoms with Crippen molar-refractivity contribution in [1.82, 2.24) is 19.7 Å². The van der Waals surface area contributed by atoms with Crippen LogP contribution in [0.5, 0.6) is 0 Å². The molecule has 4 N–H and O–H groups in total. The van der Waals surface area contributed by atoms with Gasteiger partial charge in [0.15, 0.2) is 5.65 Å². The van der Waals surface area contributed by atoms with Crippen LogP contribution in [0, 0.1) is 0 Å². The molecule has 0 bridgehead atoms. The van der Waals surface area contributed by atoms with Gasteiger partial charge in [-0.05, 0) is 25.0 Å². The van der Waals surface area contributed by atoms with Gasteiger partial charge in [0.1, 0.15) is 17.8 Å². The normalized spacial score (nSPS) is 15.6. The van der Waals surface area contributed by atoms with Crippen LogP contribution in [0.4, 0.5) is 11.5 Å². The number of fused-ring (bicyclic) bond motifs is 1. The highest BCUT2D eigenvalue weighted by atomic mass is 15.3. The zero-order chi connectivity index (χ0) is 15.1. The summed E-state index contributed by atoms with van der Waals surface area (Å²) in [6.07, 6.45) is 6.27. The van der Waals surface area contributed by atoms with Crippen LogP contribution in [0.2, 0.25) is 0 Å². The largest absolute Gasteiger partial charge is 0.399 e. The third-order valence-corrected chi connectivity index (χ3v) is 4.37. The van der Waals surface area contributed by atoms with E-state index in [0.29, 0.717) is 11.9 Å². The third-order valence-electron chi connectivity index (χ3n) is 4.37. The average molecular weight is 294 g/mol. The quantitative estimate of drug-likeness (QED) is 0.708. The van der Waals surface area contributed by atoms with Crippen molar-refractivity contribution in [2.45, 2.75) is 31.7 Å². The van der Waals surface area contributed by atoms with Gasteiger partial charge in [-0.2, -0.15) is 5.10 Å². The molecule has 2 heterocycles. The van der Waals surface area contributed by atoms with E-state index in [2.05, 4.69) is 9.97 Å². The molecule has 4 rings (SSSR count). The maximum Gasteiger partial charge on any atom is 0.164 e. The molecule has 1 aliphatic rings. The lowest BCUT2D eigenvalue weighted by atomic mass is 10.1. The Morgan fingerprint density at radius 2 is 1.73 bits per heavy atom. The highest BCUT2D eigenvalue weighted by Gasteiger charge is 2.24. The van der Waals surface area contributed by atoms with Gasteiger partial charge >= 0.3 is 0 Å². The van der Waals surface area contributed by atoms with E-state index in [9.17, 15) is 0 Å². The SMILES string of the molecule is Nc1ccc(-c2nn(C3CCCC3)c3ncnc(N)c23)cc1. The Hall–Kier alpha value is -2.63. The molecule has 1 fully saturated rings. The standard InChI is InChI=1S/C16H18N6/c17-11-7-5-10(6-8-11)14-13-15(18)19-9-20-16(13)22(21-14)12-3-1-2-4-12/h5-9,12H,1-4,17H2,(H2,18,19,20). The molecule has 0 saturated heterocycles. The lowest BCUT2D eigenvalue weighted by molar-refractivity contribution is 0.479. The van der Waals surface area contributed by atoms with Gasteiger partial charge in [-0.25, -0.2) is 14.6 Å². The van der Waals surface area contributed by atoms with Crippen LogP contribution in [-0.2, 0) is 0 Å². The molecule has 0 aliphatic heterocycles. The van der Waals surface area contributed by atoms with Crippen molar-refractivity contribution < 1.29 is 0 Å². The summed E-state index contributed by atoms with van der Waals surface area (Å²) in [5.74, 6) is 0.473. The monoisotopic (exact) mass is 294 g/mol. The Labute approximate surface area is 128 Å². The van der Waals surface area contributed by atoms with Crippen molar-refractivity contribution in [1.29, 1.82) is 0 Å². The molecule has 22 heavy (non-hydrogen) atoms. The van der Waals surface area contributed by atoms with E-state index in [1.54, 1.807) is 0 Å². The number of hydrogen-bond acceptors (Lipinski definition) is 5. The second-order valence-electron chi connectivity index (χ2n) is 5.81. The minimum atomic E-state index is 0.402. The van der Waals surface area contributed by atoms with E-state index >= 15 is 0 Å². The Morgan fingerprint density at radius 1 is 1.00 bits per heavy atom. The fourth-order valence-electron chi connectivity index (χ4n) is 3.24. The zero-order valence-corrected chi connectivity index (χ0v) is 12.2. The topological polar surface area (TPSA) is 95.6 Å². The van der Waals surface area contributed by atoms with Gasteiger partial charge in [0, 0.05) is 11.3 Å². The van der Waals surface area contributed by atoms with E-state index < -0.39 is 0 Å². The number of nitrogens with zero attached hydrogens (tertiary/aromatic N) is 4. The molecular weight excluding hydrogens is 276 g/mol. The summed E-state index contributed by atoms with van der Waals surface area (Å²) >= 11 is 0. The zero-order valence-electron chi connectivity index (χ0n) is 12.2. The number of aromatic nitrogens is 4. The summed E-state index contributed by atoms with van der Waals surface area (Å²) in [7, 11) is 0. The van der Waals surface area contributed by atoms with E-state index in [1.165, 1.54) is 19.2 Å². The van der Waals surface area contributed by atoms with Crippen LogP contribution in [-0.4, -0.2) is 19.7 Å². The van der Waals surface area contributed by atoms with Crippen molar-refractivity contribution >= 4 is 22.5 Å². The van der Waals surface area contributed by atoms with Gasteiger partial charge < -0.3 is 11.5 Å². The van der Waals surface area contributed by atoms with Gasteiger partial charge in [-0.15, -0.1) is 0 Å². The van der Waals surface area contributed by atoms with Crippen LogP contribution >= 0.6 is 0 Å².